The van der Waals surface area contributed by atoms with Crippen LogP contribution < -0.4 is 0 Å². The van der Waals surface area contributed by atoms with Gasteiger partial charge in [-0.15, -0.1) is 0 Å². The summed E-state index contributed by atoms with van der Waals surface area (Å²) in [5, 5.41) is 5.43. The third-order valence-electron chi connectivity index (χ3n) is 3.03. The maximum Gasteiger partial charge on any atom is 0.0287 e. The monoisotopic (exact) mass is 197 g/mol. The van der Waals surface area contributed by atoms with Crippen molar-refractivity contribution in [2.24, 2.45) is 11.0 Å². The lowest BCUT2D eigenvalue weighted by Crippen LogP contribution is -2.29. The van der Waals surface area contributed by atoms with Gasteiger partial charge in [0, 0.05) is 22.0 Å². The SMILES string of the molecule is [N-]=[N+]=NCC1CC2CCCC(C1)S2. The molecule has 0 amide bonds. The predicted octanol–water partition coefficient (Wildman–Crippen LogP) is 3.36. The molecule has 2 atom stereocenters. The van der Waals surface area contributed by atoms with Crippen molar-refractivity contribution >= 4 is 11.8 Å². The Bertz CT molecular complexity index is 213. The van der Waals surface area contributed by atoms with Crippen LogP contribution in [-0.2, 0) is 0 Å². The molecule has 0 aromatic rings. The lowest BCUT2D eigenvalue weighted by Gasteiger charge is -2.38. The van der Waals surface area contributed by atoms with Crippen LogP contribution >= 0.6 is 11.8 Å². The molecule has 72 valence electrons. The smallest absolute Gasteiger partial charge is 0.0287 e. The van der Waals surface area contributed by atoms with Gasteiger partial charge in [0.25, 0.3) is 0 Å². The fourth-order valence-corrected chi connectivity index (χ4v) is 4.39. The van der Waals surface area contributed by atoms with Crippen LogP contribution in [0.5, 0.6) is 0 Å². The minimum Gasteiger partial charge on any atom is -0.155 e. The van der Waals surface area contributed by atoms with E-state index in [-0.39, 0.29) is 0 Å². The van der Waals surface area contributed by atoms with Gasteiger partial charge in [-0.1, -0.05) is 11.5 Å². The van der Waals surface area contributed by atoms with Crippen LogP contribution in [0.1, 0.15) is 32.1 Å². The third kappa shape index (κ3) is 2.32. The van der Waals surface area contributed by atoms with Crippen molar-refractivity contribution < 1.29 is 0 Å². The maximum absolute atomic E-state index is 8.25. The lowest BCUT2D eigenvalue weighted by atomic mass is 9.90. The molecule has 3 nitrogen and oxygen atoms in total. The van der Waals surface area contributed by atoms with Crippen molar-refractivity contribution in [2.75, 3.05) is 6.54 Å². The summed E-state index contributed by atoms with van der Waals surface area (Å²) in [5.41, 5.74) is 8.25. The highest BCUT2D eigenvalue weighted by Crippen LogP contribution is 2.43. The van der Waals surface area contributed by atoms with Crippen molar-refractivity contribution in [1.82, 2.24) is 0 Å². The zero-order valence-corrected chi connectivity index (χ0v) is 8.54. The minimum absolute atomic E-state index is 0.674. The van der Waals surface area contributed by atoms with Gasteiger partial charge >= 0.3 is 0 Å². The summed E-state index contributed by atoms with van der Waals surface area (Å²) in [5.74, 6) is 0.674. The summed E-state index contributed by atoms with van der Waals surface area (Å²) in [6, 6.07) is 0. The number of nitrogens with zero attached hydrogens (tertiary/aromatic N) is 3. The lowest BCUT2D eigenvalue weighted by molar-refractivity contribution is 0.376. The molecule has 2 fully saturated rings. The molecule has 0 aromatic carbocycles. The topological polar surface area (TPSA) is 48.8 Å². The van der Waals surface area contributed by atoms with Crippen LogP contribution in [0.15, 0.2) is 5.11 Å². The Hall–Kier alpha value is -0.340. The van der Waals surface area contributed by atoms with Gasteiger partial charge in [0.15, 0.2) is 0 Å². The van der Waals surface area contributed by atoms with Crippen molar-refractivity contribution in [2.45, 2.75) is 42.6 Å². The largest absolute Gasteiger partial charge is 0.155 e. The number of hydrogen-bond donors (Lipinski definition) is 0. The number of hydrogen-bond acceptors (Lipinski definition) is 2. The molecule has 2 rings (SSSR count). The molecule has 13 heavy (non-hydrogen) atoms. The molecular weight excluding hydrogens is 182 g/mol. The zero-order valence-electron chi connectivity index (χ0n) is 7.72. The number of thioether (sulfide) groups is 1. The second kappa shape index (κ2) is 4.25. The second-order valence-corrected chi connectivity index (χ2v) is 5.67. The number of azide groups is 1. The normalized spacial score (nSPS) is 38.0. The second-order valence-electron chi connectivity index (χ2n) is 4.06. The summed E-state index contributed by atoms with van der Waals surface area (Å²) in [4.78, 5) is 2.84. The van der Waals surface area contributed by atoms with Gasteiger partial charge in [-0.05, 0) is 37.1 Å². The number of fused-ring (bicyclic) bond motifs is 2. The van der Waals surface area contributed by atoms with Crippen molar-refractivity contribution in [1.29, 1.82) is 0 Å². The summed E-state index contributed by atoms with van der Waals surface area (Å²) >= 11 is 2.18. The highest BCUT2D eigenvalue weighted by atomic mass is 32.2. The fourth-order valence-electron chi connectivity index (χ4n) is 2.47. The predicted molar refractivity (Wildman–Crippen MR) is 55.8 cm³/mol. The molecule has 2 aliphatic heterocycles. The van der Waals surface area contributed by atoms with Gasteiger partial charge in [-0.3, -0.25) is 0 Å². The Kier molecular flexibility index (Phi) is 3.01. The van der Waals surface area contributed by atoms with Crippen LogP contribution in [0.4, 0.5) is 0 Å². The van der Waals surface area contributed by atoms with Gasteiger partial charge in [0.2, 0.25) is 0 Å². The Morgan fingerprint density at radius 1 is 1.31 bits per heavy atom. The quantitative estimate of drug-likeness (QED) is 0.380. The molecule has 2 aliphatic rings. The summed E-state index contributed by atoms with van der Waals surface area (Å²) in [6.07, 6.45) is 6.73. The Balaban J connectivity index is 1.89. The van der Waals surface area contributed by atoms with E-state index in [1.165, 1.54) is 32.1 Å². The van der Waals surface area contributed by atoms with Crippen LogP contribution in [0.3, 0.4) is 0 Å². The first-order valence-corrected chi connectivity index (χ1v) is 5.99. The molecule has 0 saturated carbocycles. The summed E-state index contributed by atoms with van der Waals surface area (Å²) in [6.45, 7) is 0.726. The molecule has 0 radical (unpaired) electrons. The van der Waals surface area contributed by atoms with E-state index in [4.69, 9.17) is 5.53 Å². The molecule has 0 aromatic heterocycles. The highest BCUT2D eigenvalue weighted by molar-refractivity contribution is 8.00. The van der Waals surface area contributed by atoms with Gasteiger partial charge < -0.3 is 0 Å². The first-order chi connectivity index (χ1) is 6.38. The summed E-state index contributed by atoms with van der Waals surface area (Å²) < 4.78 is 0. The van der Waals surface area contributed by atoms with Crippen LogP contribution in [0.2, 0.25) is 0 Å². The molecule has 2 heterocycles. The average Bonchev–Trinajstić information content (AvgIpc) is 2.14. The first kappa shape index (κ1) is 9.22. The van der Waals surface area contributed by atoms with E-state index in [2.05, 4.69) is 21.8 Å². The third-order valence-corrected chi connectivity index (χ3v) is 4.66. The summed E-state index contributed by atoms with van der Waals surface area (Å²) in [7, 11) is 0. The average molecular weight is 197 g/mol. The van der Waals surface area contributed by atoms with Gasteiger partial charge in [-0.2, -0.15) is 11.8 Å². The van der Waals surface area contributed by atoms with Crippen LogP contribution in [0.25, 0.3) is 10.4 Å². The van der Waals surface area contributed by atoms with Crippen molar-refractivity contribution in [3.05, 3.63) is 10.4 Å². The molecule has 2 unspecified atom stereocenters. The molecule has 0 N–H and O–H groups in total. The Morgan fingerprint density at radius 2 is 2.00 bits per heavy atom. The van der Waals surface area contributed by atoms with E-state index >= 15 is 0 Å². The van der Waals surface area contributed by atoms with Gasteiger partial charge in [-0.25, -0.2) is 0 Å². The van der Waals surface area contributed by atoms with E-state index in [0.717, 1.165) is 17.0 Å². The Labute approximate surface area is 82.9 Å². The van der Waals surface area contributed by atoms with Crippen LogP contribution in [-0.4, -0.2) is 17.0 Å². The van der Waals surface area contributed by atoms with E-state index in [1.807, 2.05) is 0 Å². The minimum atomic E-state index is 0.674. The molecule has 4 heteroatoms. The van der Waals surface area contributed by atoms with Gasteiger partial charge in [0.05, 0.1) is 0 Å². The fraction of sp³-hybridized carbons (Fsp3) is 1.00. The highest BCUT2D eigenvalue weighted by Gasteiger charge is 2.31. The molecule has 2 saturated heterocycles. The number of rotatable bonds is 2. The molecule has 2 bridgehead atoms. The van der Waals surface area contributed by atoms with E-state index in [9.17, 15) is 0 Å². The van der Waals surface area contributed by atoms with Crippen LogP contribution in [0, 0.1) is 5.92 Å². The van der Waals surface area contributed by atoms with E-state index in [0.29, 0.717) is 5.92 Å². The van der Waals surface area contributed by atoms with E-state index in [1.54, 1.807) is 0 Å². The first-order valence-electron chi connectivity index (χ1n) is 5.05. The molecular formula is C9H15N3S. The van der Waals surface area contributed by atoms with Crippen molar-refractivity contribution in [3.8, 4) is 0 Å². The van der Waals surface area contributed by atoms with Crippen molar-refractivity contribution in [3.63, 3.8) is 0 Å². The standard InChI is InChI=1S/C9H15N3S/c10-12-11-6-7-4-8-2-1-3-9(5-7)13-8/h7-9H,1-6H2. The Morgan fingerprint density at radius 3 is 2.62 bits per heavy atom. The zero-order chi connectivity index (χ0) is 9.10. The van der Waals surface area contributed by atoms with E-state index < -0.39 is 0 Å². The van der Waals surface area contributed by atoms with Gasteiger partial charge in [0.1, 0.15) is 0 Å². The maximum atomic E-state index is 8.25. The molecule has 0 spiro atoms. The molecule has 0 aliphatic carbocycles.